The average Bonchev–Trinajstić information content (AvgIpc) is 2.62. The molecule has 2 N–H and O–H groups in total. The number of Topliss-reactive ketones (excluding diaryl/α,β-unsaturated/α-hetero) is 2. The molecule has 27 heavy (non-hydrogen) atoms. The van der Waals surface area contributed by atoms with E-state index < -0.39 is 47.3 Å². The summed E-state index contributed by atoms with van der Waals surface area (Å²) in [6, 6.07) is 0. The van der Waals surface area contributed by atoms with Gasteiger partial charge in [0.1, 0.15) is 0 Å². The topological polar surface area (TPSA) is 168 Å². The number of ketones is 2. The van der Waals surface area contributed by atoms with Gasteiger partial charge in [0.25, 0.3) is 0 Å². The Bertz CT molecular complexity index is 664. The average molecular weight is 429 g/mol. The summed E-state index contributed by atoms with van der Waals surface area (Å²) >= 11 is 0. The minimum atomic E-state index is -4.19. The van der Waals surface area contributed by atoms with Gasteiger partial charge in [0.15, 0.2) is 19.7 Å². The van der Waals surface area contributed by atoms with Gasteiger partial charge in [-0.3, -0.25) is 9.59 Å². The van der Waals surface area contributed by atoms with E-state index in [1.165, 1.54) is 6.92 Å². The first-order chi connectivity index (χ1) is 12.5. The van der Waals surface area contributed by atoms with Crippen molar-refractivity contribution in [1.82, 2.24) is 0 Å². The number of nitrogens with zero attached hydrogens (tertiary/aromatic N) is 2. The number of sulfone groups is 2. The van der Waals surface area contributed by atoms with Gasteiger partial charge in [-0.15, -0.1) is 0 Å². The van der Waals surface area contributed by atoms with E-state index in [-0.39, 0.29) is 19.3 Å². The summed E-state index contributed by atoms with van der Waals surface area (Å²) in [5, 5.41) is 20.1. The molecule has 0 radical (unpaired) electrons. The van der Waals surface area contributed by atoms with Crippen LogP contribution in [0.2, 0.25) is 0 Å². The SMILES string of the molecule is CCCCS(=O)(=O)C(C(=O)C(=O)CC)S(=O)(=O)CCCC.ON=CC=NO. The van der Waals surface area contributed by atoms with Crippen molar-refractivity contribution in [2.24, 2.45) is 10.3 Å². The van der Waals surface area contributed by atoms with Crippen LogP contribution < -0.4 is 0 Å². The number of unbranched alkanes of at least 4 members (excludes halogenated alkanes) is 2. The summed E-state index contributed by atoms with van der Waals surface area (Å²) in [6.07, 6.45) is 3.31. The molecule has 0 aliphatic rings. The predicted molar refractivity (Wildman–Crippen MR) is 102 cm³/mol. The van der Waals surface area contributed by atoms with E-state index in [1.54, 1.807) is 13.8 Å². The summed E-state index contributed by atoms with van der Waals surface area (Å²) in [4.78, 5) is 23.5. The molecule has 0 fully saturated rings. The van der Waals surface area contributed by atoms with Gasteiger partial charge in [-0.05, 0) is 12.8 Å². The van der Waals surface area contributed by atoms with Gasteiger partial charge in [-0.1, -0.05) is 43.9 Å². The van der Waals surface area contributed by atoms with Crippen molar-refractivity contribution in [1.29, 1.82) is 0 Å². The Labute approximate surface area is 160 Å². The fraction of sp³-hybridized carbons (Fsp3) is 0.733. The number of oxime groups is 2. The number of hydrogen-bond acceptors (Lipinski definition) is 10. The van der Waals surface area contributed by atoms with E-state index in [1.807, 2.05) is 0 Å². The van der Waals surface area contributed by atoms with Crippen LogP contribution >= 0.6 is 0 Å². The summed E-state index contributed by atoms with van der Waals surface area (Å²) in [7, 11) is -8.37. The first kappa shape index (κ1) is 27.4. The van der Waals surface area contributed by atoms with Gasteiger partial charge >= 0.3 is 0 Å². The fourth-order valence-corrected chi connectivity index (χ4v) is 6.91. The Morgan fingerprint density at radius 3 is 1.48 bits per heavy atom. The number of carbonyl (C=O) groups is 2. The Kier molecular flexibility index (Phi) is 14.5. The van der Waals surface area contributed by atoms with Crippen LogP contribution in [0.15, 0.2) is 10.3 Å². The monoisotopic (exact) mass is 428 g/mol. The summed E-state index contributed by atoms with van der Waals surface area (Å²) in [5.74, 6) is -3.07. The molecule has 0 atom stereocenters. The quantitative estimate of drug-likeness (QED) is 0.202. The molecule has 0 aliphatic heterocycles. The second-order valence-corrected chi connectivity index (χ2v) is 10.2. The van der Waals surface area contributed by atoms with E-state index in [0.29, 0.717) is 12.8 Å². The predicted octanol–water partition coefficient (Wildman–Crippen LogP) is 1.20. The van der Waals surface area contributed by atoms with Crippen LogP contribution in [0.5, 0.6) is 0 Å². The molecule has 0 spiro atoms. The third-order valence-corrected chi connectivity index (χ3v) is 8.43. The van der Waals surface area contributed by atoms with Crippen LogP contribution in [0.3, 0.4) is 0 Å². The van der Waals surface area contributed by atoms with Crippen LogP contribution in [0.1, 0.15) is 52.9 Å². The van der Waals surface area contributed by atoms with E-state index in [4.69, 9.17) is 10.4 Å². The van der Waals surface area contributed by atoms with Crippen molar-refractivity contribution >= 4 is 43.7 Å². The molecule has 0 amide bonds. The number of carbonyl (C=O) groups excluding carboxylic acids is 2. The van der Waals surface area contributed by atoms with Crippen LogP contribution in [0.25, 0.3) is 0 Å². The summed E-state index contributed by atoms with van der Waals surface area (Å²) < 4.78 is 46.6. The third-order valence-electron chi connectivity index (χ3n) is 3.23. The number of hydrogen-bond donors (Lipinski definition) is 2. The first-order valence-corrected chi connectivity index (χ1v) is 11.8. The van der Waals surface area contributed by atoms with Gasteiger partial charge in [0.2, 0.25) is 16.1 Å². The normalized spacial score (nSPS) is 12.3. The van der Waals surface area contributed by atoms with Gasteiger partial charge in [-0.25, -0.2) is 16.8 Å². The van der Waals surface area contributed by atoms with Gasteiger partial charge in [-0.2, -0.15) is 0 Å². The molecule has 0 aromatic rings. The molecule has 0 aliphatic carbocycles. The highest BCUT2D eigenvalue weighted by Gasteiger charge is 2.44. The number of rotatable bonds is 12. The maximum atomic E-state index is 12.2. The van der Waals surface area contributed by atoms with Crippen LogP contribution in [0.4, 0.5) is 0 Å². The zero-order valence-electron chi connectivity index (χ0n) is 15.7. The molecular weight excluding hydrogens is 400 g/mol. The summed E-state index contributed by atoms with van der Waals surface area (Å²) in [6.45, 7) is 4.92. The van der Waals surface area contributed by atoms with Crippen LogP contribution in [-0.4, -0.2) is 67.3 Å². The zero-order chi connectivity index (χ0) is 21.5. The van der Waals surface area contributed by atoms with E-state index >= 15 is 0 Å². The van der Waals surface area contributed by atoms with Gasteiger partial charge in [0.05, 0.1) is 23.9 Å². The lowest BCUT2D eigenvalue weighted by atomic mass is 10.2. The lowest BCUT2D eigenvalue weighted by molar-refractivity contribution is -0.135. The highest BCUT2D eigenvalue weighted by molar-refractivity contribution is 8.10. The molecule has 0 aromatic carbocycles. The third kappa shape index (κ3) is 10.8. The zero-order valence-corrected chi connectivity index (χ0v) is 17.4. The Morgan fingerprint density at radius 1 is 0.852 bits per heavy atom. The lowest BCUT2D eigenvalue weighted by Crippen LogP contribution is -2.43. The maximum absolute atomic E-state index is 12.2. The Balaban J connectivity index is 0. The molecule has 0 rings (SSSR count). The minimum Gasteiger partial charge on any atom is -0.411 e. The molecule has 0 bridgehead atoms. The van der Waals surface area contributed by atoms with Crippen molar-refractivity contribution in [3.8, 4) is 0 Å². The molecule has 10 nitrogen and oxygen atoms in total. The van der Waals surface area contributed by atoms with Gasteiger partial charge < -0.3 is 10.4 Å². The first-order valence-electron chi connectivity index (χ1n) is 8.39. The van der Waals surface area contributed by atoms with Crippen LogP contribution in [-0.2, 0) is 29.3 Å². The lowest BCUT2D eigenvalue weighted by Gasteiger charge is -2.16. The highest BCUT2D eigenvalue weighted by Crippen LogP contribution is 2.17. The second kappa shape index (κ2) is 14.3. The molecule has 158 valence electrons. The Morgan fingerprint density at radius 2 is 1.22 bits per heavy atom. The van der Waals surface area contributed by atoms with Gasteiger partial charge in [0, 0.05) is 6.42 Å². The van der Waals surface area contributed by atoms with Crippen molar-refractivity contribution < 1.29 is 36.8 Å². The van der Waals surface area contributed by atoms with Crippen LogP contribution in [0, 0.1) is 0 Å². The van der Waals surface area contributed by atoms with E-state index in [0.717, 1.165) is 12.4 Å². The molecule has 12 heteroatoms. The molecule has 0 aromatic heterocycles. The second-order valence-electron chi connectivity index (χ2n) is 5.44. The molecule has 0 saturated heterocycles. The molecule has 0 unspecified atom stereocenters. The smallest absolute Gasteiger partial charge is 0.231 e. The maximum Gasteiger partial charge on any atom is 0.231 e. The van der Waals surface area contributed by atoms with Crippen molar-refractivity contribution in [2.45, 2.75) is 57.5 Å². The van der Waals surface area contributed by atoms with E-state index in [9.17, 15) is 26.4 Å². The minimum absolute atomic E-state index is 0.206. The standard InChI is InChI=1S/C13H24O6S2.C2H4N2O2/c1-4-7-9-20(16,17)13(12(15)11(14)6-3)21(18,19)10-8-5-2;5-3-1-2-4-6/h13H,4-10H2,1-3H3;1-2,5-6H. The van der Waals surface area contributed by atoms with Crippen molar-refractivity contribution in [3.05, 3.63) is 0 Å². The molecule has 0 saturated carbocycles. The molecular formula is C15H28N2O8S2. The fourth-order valence-electron chi connectivity index (χ4n) is 1.82. The largest absolute Gasteiger partial charge is 0.411 e. The van der Waals surface area contributed by atoms with Crippen molar-refractivity contribution in [2.75, 3.05) is 11.5 Å². The highest BCUT2D eigenvalue weighted by atomic mass is 32.3. The Hall–Kier alpha value is -1.82. The molecule has 0 heterocycles. The summed E-state index contributed by atoms with van der Waals surface area (Å²) in [5.41, 5.74) is 0. The van der Waals surface area contributed by atoms with E-state index in [2.05, 4.69) is 10.3 Å². The van der Waals surface area contributed by atoms with Crippen molar-refractivity contribution in [3.63, 3.8) is 0 Å².